The molecule has 33 heavy (non-hydrogen) atoms. The van der Waals surface area contributed by atoms with Gasteiger partial charge >= 0.3 is 0 Å². The van der Waals surface area contributed by atoms with E-state index in [4.69, 9.17) is 9.15 Å². The highest BCUT2D eigenvalue weighted by Gasteiger charge is 2.12. The minimum atomic E-state index is -0.754. The molecule has 0 spiro atoms. The molecule has 3 rings (SSSR count). The number of para-hydroxylation sites is 1. The van der Waals surface area contributed by atoms with E-state index in [0.717, 1.165) is 42.3 Å². The molecule has 0 aliphatic carbocycles. The third kappa shape index (κ3) is 8.70. The predicted molar refractivity (Wildman–Crippen MR) is 133 cm³/mol. The van der Waals surface area contributed by atoms with Crippen LogP contribution in [-0.4, -0.2) is 78.0 Å². The van der Waals surface area contributed by atoms with Gasteiger partial charge in [-0.15, -0.1) is 22.0 Å². The number of aliphatic hydroxyl groups is 1. The molecular formula is C24H33N5O3S. The zero-order valence-corrected chi connectivity index (χ0v) is 20.3. The first-order valence-electron chi connectivity index (χ1n) is 11.0. The number of hydrogen-bond acceptors (Lipinski definition) is 9. The zero-order valence-electron chi connectivity index (χ0n) is 19.5. The fourth-order valence-corrected chi connectivity index (χ4v) is 3.69. The van der Waals surface area contributed by atoms with Crippen LogP contribution in [-0.2, 0) is 5.75 Å². The first kappa shape index (κ1) is 25.0. The van der Waals surface area contributed by atoms with Gasteiger partial charge in [-0.3, -0.25) is 4.90 Å². The van der Waals surface area contributed by atoms with Crippen LogP contribution in [0.5, 0.6) is 5.75 Å². The van der Waals surface area contributed by atoms with Crippen LogP contribution in [0.3, 0.4) is 0 Å². The molecule has 0 bridgehead atoms. The maximum atomic E-state index is 10.4. The number of rotatable bonds is 14. The smallest absolute Gasteiger partial charge is 0.247 e. The van der Waals surface area contributed by atoms with Crippen molar-refractivity contribution < 1.29 is 14.3 Å². The first-order chi connectivity index (χ1) is 16.0. The van der Waals surface area contributed by atoms with Crippen molar-refractivity contribution in [3.05, 3.63) is 60.5 Å². The average Bonchev–Trinajstić information content (AvgIpc) is 3.28. The van der Waals surface area contributed by atoms with Crippen LogP contribution >= 0.6 is 11.8 Å². The maximum absolute atomic E-state index is 10.4. The van der Waals surface area contributed by atoms with Gasteiger partial charge in [0.2, 0.25) is 11.8 Å². The molecule has 0 amide bonds. The molecule has 3 aromatic rings. The summed E-state index contributed by atoms with van der Waals surface area (Å²) in [4.78, 5) is 4.01. The molecule has 0 fully saturated rings. The van der Waals surface area contributed by atoms with Crippen molar-refractivity contribution >= 4 is 17.4 Å². The van der Waals surface area contributed by atoms with E-state index in [0.29, 0.717) is 24.1 Å². The zero-order chi connectivity index (χ0) is 23.5. The number of hydrogen-bond donors (Lipinski definition) is 2. The summed E-state index contributed by atoms with van der Waals surface area (Å²) in [7, 11) is 5.99. The molecule has 0 radical (unpaired) electrons. The highest BCUT2D eigenvalue weighted by molar-refractivity contribution is 7.98. The van der Waals surface area contributed by atoms with Crippen molar-refractivity contribution in [1.82, 2.24) is 20.0 Å². The number of anilines is 1. The Bertz CT molecular complexity index is 937. The fraction of sp³-hybridized carbons (Fsp3) is 0.417. The van der Waals surface area contributed by atoms with E-state index in [1.165, 1.54) is 0 Å². The molecular weight excluding hydrogens is 438 g/mol. The molecule has 2 N–H and O–H groups in total. The molecule has 0 saturated heterocycles. The molecule has 9 heteroatoms. The number of ether oxygens (including phenoxy) is 1. The van der Waals surface area contributed by atoms with Gasteiger partial charge in [0.25, 0.3) is 0 Å². The fourth-order valence-electron chi connectivity index (χ4n) is 3.05. The molecule has 1 aromatic heterocycles. The van der Waals surface area contributed by atoms with Crippen molar-refractivity contribution in [3.8, 4) is 17.2 Å². The number of nitrogens with zero attached hydrogens (tertiary/aromatic N) is 4. The second-order valence-corrected chi connectivity index (χ2v) is 9.05. The van der Waals surface area contributed by atoms with Crippen molar-refractivity contribution in [3.63, 3.8) is 0 Å². The number of aliphatic hydroxyl groups excluding tert-OH is 1. The molecule has 178 valence electrons. The topological polar surface area (TPSA) is 86.9 Å². The Balaban J connectivity index is 1.40. The Morgan fingerprint density at radius 1 is 1.03 bits per heavy atom. The minimum Gasteiger partial charge on any atom is -0.493 e. The molecule has 0 aliphatic heterocycles. The van der Waals surface area contributed by atoms with Gasteiger partial charge in [0.15, 0.2) is 6.35 Å². The van der Waals surface area contributed by atoms with Crippen LogP contribution in [0.2, 0.25) is 0 Å². The van der Waals surface area contributed by atoms with Crippen LogP contribution in [0.4, 0.5) is 5.69 Å². The van der Waals surface area contributed by atoms with E-state index < -0.39 is 6.35 Å². The molecule has 0 aliphatic rings. The van der Waals surface area contributed by atoms with Crippen LogP contribution in [0.1, 0.15) is 12.3 Å². The van der Waals surface area contributed by atoms with Crippen molar-refractivity contribution in [2.75, 3.05) is 51.9 Å². The minimum absolute atomic E-state index is 0.485. The standard InChI is InChI=1S/C24H33N5O3S/c1-28(2)14-7-15-29(3)24(30)25-20-12-10-19(11-13-20)23-27-26-22(32-23)18-33-17-16-31-21-8-5-4-6-9-21/h4-6,8-13,24-25,30H,7,14-18H2,1-3H3. The van der Waals surface area contributed by atoms with Crippen molar-refractivity contribution in [1.29, 1.82) is 0 Å². The largest absolute Gasteiger partial charge is 0.493 e. The lowest BCUT2D eigenvalue weighted by atomic mass is 10.2. The highest BCUT2D eigenvalue weighted by Crippen LogP contribution is 2.22. The summed E-state index contributed by atoms with van der Waals surface area (Å²) in [5.41, 5.74) is 1.66. The summed E-state index contributed by atoms with van der Waals surface area (Å²) in [6.45, 7) is 2.41. The van der Waals surface area contributed by atoms with Gasteiger partial charge in [0.05, 0.1) is 12.4 Å². The summed E-state index contributed by atoms with van der Waals surface area (Å²) >= 11 is 1.69. The first-order valence-corrected chi connectivity index (χ1v) is 12.1. The van der Waals surface area contributed by atoms with E-state index >= 15 is 0 Å². The number of aromatic nitrogens is 2. The van der Waals surface area contributed by atoms with E-state index in [-0.39, 0.29) is 0 Å². The normalized spacial score (nSPS) is 12.3. The monoisotopic (exact) mass is 471 g/mol. The van der Waals surface area contributed by atoms with E-state index in [1.807, 2.05) is 80.6 Å². The van der Waals surface area contributed by atoms with Crippen molar-refractivity contribution in [2.24, 2.45) is 0 Å². The Hall–Kier alpha value is -2.59. The van der Waals surface area contributed by atoms with E-state index in [2.05, 4.69) is 20.4 Å². The van der Waals surface area contributed by atoms with Gasteiger partial charge in [-0.05, 0) is 70.5 Å². The highest BCUT2D eigenvalue weighted by atomic mass is 32.2. The van der Waals surface area contributed by atoms with E-state index in [9.17, 15) is 5.11 Å². The summed E-state index contributed by atoms with van der Waals surface area (Å²) in [6.07, 6.45) is 0.231. The van der Waals surface area contributed by atoms with Gasteiger partial charge in [-0.1, -0.05) is 18.2 Å². The predicted octanol–water partition coefficient (Wildman–Crippen LogP) is 3.62. The molecule has 8 nitrogen and oxygen atoms in total. The summed E-state index contributed by atoms with van der Waals surface area (Å²) < 4.78 is 11.5. The van der Waals surface area contributed by atoms with E-state index in [1.54, 1.807) is 11.8 Å². The van der Waals surface area contributed by atoms with Crippen LogP contribution < -0.4 is 10.1 Å². The Labute approximate surface area is 199 Å². The molecule has 1 atom stereocenters. The lowest BCUT2D eigenvalue weighted by Crippen LogP contribution is -2.39. The SMILES string of the molecule is CN(C)CCCN(C)C(O)Nc1ccc(-c2nnc(CSCCOc3ccccc3)o2)cc1. The lowest BCUT2D eigenvalue weighted by molar-refractivity contribution is 0.0443. The molecule has 2 aromatic carbocycles. The molecule has 1 unspecified atom stereocenters. The van der Waals surface area contributed by atoms with Crippen molar-refractivity contribution in [2.45, 2.75) is 18.5 Å². The van der Waals surface area contributed by atoms with Crippen LogP contribution in [0.25, 0.3) is 11.5 Å². The Morgan fingerprint density at radius 2 is 1.79 bits per heavy atom. The number of nitrogens with one attached hydrogen (secondary N) is 1. The van der Waals surface area contributed by atoms with Gasteiger partial charge < -0.3 is 24.5 Å². The second-order valence-electron chi connectivity index (χ2n) is 7.95. The summed E-state index contributed by atoms with van der Waals surface area (Å²) in [5.74, 6) is 3.42. The van der Waals surface area contributed by atoms with Gasteiger partial charge in [-0.25, -0.2) is 0 Å². The third-order valence-electron chi connectivity index (χ3n) is 4.89. The van der Waals surface area contributed by atoms with Gasteiger partial charge in [-0.2, -0.15) is 0 Å². The average molecular weight is 472 g/mol. The van der Waals surface area contributed by atoms with Crippen LogP contribution in [0, 0.1) is 0 Å². The third-order valence-corrected chi connectivity index (χ3v) is 5.80. The number of benzene rings is 2. The van der Waals surface area contributed by atoms with Gasteiger partial charge in [0, 0.05) is 23.5 Å². The summed E-state index contributed by atoms with van der Waals surface area (Å²) in [5, 5.41) is 21.8. The quantitative estimate of drug-likeness (QED) is 0.270. The molecule has 0 saturated carbocycles. The Morgan fingerprint density at radius 3 is 2.52 bits per heavy atom. The summed E-state index contributed by atoms with van der Waals surface area (Å²) in [6, 6.07) is 17.4. The lowest BCUT2D eigenvalue weighted by Gasteiger charge is -2.25. The number of thioether (sulfide) groups is 1. The Kier molecular flexibility index (Phi) is 10.0. The second kappa shape index (κ2) is 13.2. The van der Waals surface area contributed by atoms with Crippen LogP contribution in [0.15, 0.2) is 59.0 Å². The maximum Gasteiger partial charge on any atom is 0.247 e. The molecule has 1 heterocycles. The van der Waals surface area contributed by atoms with Gasteiger partial charge in [0.1, 0.15) is 5.75 Å².